The Hall–Kier alpha value is -1.70. The molecular weight excluding hydrogens is 390 g/mol. The third-order valence-corrected chi connectivity index (χ3v) is 8.50. The second-order valence-corrected chi connectivity index (χ2v) is 10.2. The molecule has 2 aromatic rings. The molecule has 2 N–H and O–H groups in total. The van der Waals surface area contributed by atoms with Gasteiger partial charge in [0.05, 0.1) is 11.4 Å². The lowest BCUT2D eigenvalue weighted by Gasteiger charge is -2.34. The number of fused-ring (bicyclic) bond motifs is 1. The highest BCUT2D eigenvalue weighted by Crippen LogP contribution is 2.34. The molecule has 28 heavy (non-hydrogen) atoms. The van der Waals surface area contributed by atoms with E-state index in [0.29, 0.717) is 6.67 Å². The van der Waals surface area contributed by atoms with E-state index in [1.807, 2.05) is 11.3 Å². The van der Waals surface area contributed by atoms with Crippen molar-refractivity contribution in [3.63, 3.8) is 0 Å². The zero-order valence-electron chi connectivity index (χ0n) is 15.9. The molecule has 4 heterocycles. The van der Waals surface area contributed by atoms with Crippen LogP contribution in [0.5, 0.6) is 0 Å². The Morgan fingerprint density at radius 2 is 1.93 bits per heavy atom. The summed E-state index contributed by atoms with van der Waals surface area (Å²) in [4.78, 5) is 31.7. The Morgan fingerprint density at radius 3 is 2.68 bits per heavy atom. The molecule has 7 heteroatoms. The maximum Gasteiger partial charge on any atom is 0.329 e. The molecule has 3 amide bonds. The van der Waals surface area contributed by atoms with E-state index >= 15 is 0 Å². The van der Waals surface area contributed by atoms with E-state index in [1.165, 1.54) is 25.1 Å². The third kappa shape index (κ3) is 3.00. The van der Waals surface area contributed by atoms with Crippen LogP contribution in [-0.4, -0.2) is 35.6 Å². The van der Waals surface area contributed by atoms with Gasteiger partial charge in [0.25, 0.3) is 5.91 Å². The van der Waals surface area contributed by atoms with E-state index in [9.17, 15) is 9.59 Å². The van der Waals surface area contributed by atoms with Crippen LogP contribution in [0, 0.1) is 0 Å². The summed E-state index contributed by atoms with van der Waals surface area (Å²) in [5.41, 5.74) is 0.722. The molecule has 2 aliphatic heterocycles. The molecule has 0 aromatic carbocycles. The molecule has 1 spiro atoms. The highest BCUT2D eigenvalue weighted by molar-refractivity contribution is 7.10. The second-order valence-electron chi connectivity index (χ2n) is 8.22. The Kier molecular flexibility index (Phi) is 4.77. The van der Waals surface area contributed by atoms with Crippen LogP contribution in [0.4, 0.5) is 4.79 Å². The standard InChI is InChI=1S/C21H25N3O2S2/c25-19-21(9-3-1-2-4-10-21)22-20(26)24(19)14-23-11-7-16-15(8-13-28-16)18(23)17-6-5-12-27-17/h5-6,8,12-13,18H,1-4,7,9-11,14H2,(H,22,26)/p+1/t18-/m0/s1. The SMILES string of the molecule is O=C1NC2(CCCCCC2)C(=O)N1C[NH+]1CCc2sccc2[C@H]1c1cccs1. The largest absolute Gasteiger partial charge is 0.329 e. The van der Waals surface area contributed by atoms with Gasteiger partial charge in [0.1, 0.15) is 5.54 Å². The molecule has 3 aliphatic rings. The van der Waals surface area contributed by atoms with Crippen LogP contribution in [0.3, 0.4) is 0 Å². The fourth-order valence-corrected chi connectivity index (χ4v) is 6.95. The molecule has 0 bridgehead atoms. The summed E-state index contributed by atoms with van der Waals surface area (Å²) < 4.78 is 0. The number of nitrogens with zero attached hydrogens (tertiary/aromatic N) is 1. The summed E-state index contributed by atoms with van der Waals surface area (Å²) in [6.45, 7) is 1.39. The molecule has 5 rings (SSSR count). The van der Waals surface area contributed by atoms with Gasteiger partial charge in [0.2, 0.25) is 0 Å². The summed E-state index contributed by atoms with van der Waals surface area (Å²) in [7, 11) is 0. The molecule has 0 radical (unpaired) electrons. The Bertz CT molecular complexity index is 868. The Labute approximate surface area is 173 Å². The van der Waals surface area contributed by atoms with Gasteiger partial charge < -0.3 is 10.2 Å². The van der Waals surface area contributed by atoms with Gasteiger partial charge in [0, 0.05) is 16.9 Å². The monoisotopic (exact) mass is 416 g/mol. The molecule has 1 saturated heterocycles. The fraction of sp³-hybridized carbons (Fsp3) is 0.524. The number of quaternary nitrogens is 1. The molecule has 2 atom stereocenters. The molecule has 2 fully saturated rings. The lowest BCUT2D eigenvalue weighted by atomic mass is 9.90. The van der Waals surface area contributed by atoms with Crippen LogP contribution in [0.1, 0.15) is 59.9 Å². The van der Waals surface area contributed by atoms with E-state index in [-0.39, 0.29) is 18.0 Å². The molecule has 1 aliphatic carbocycles. The highest BCUT2D eigenvalue weighted by Gasteiger charge is 2.52. The maximum absolute atomic E-state index is 13.3. The number of carbonyl (C=O) groups is 2. The zero-order chi connectivity index (χ0) is 19.1. The smallest absolute Gasteiger partial charge is 0.323 e. The number of hydrogen-bond donors (Lipinski definition) is 2. The first kappa shape index (κ1) is 18.3. The summed E-state index contributed by atoms with van der Waals surface area (Å²) in [5.74, 6) is 0.00736. The van der Waals surface area contributed by atoms with Gasteiger partial charge in [-0.2, -0.15) is 0 Å². The first-order valence-electron chi connectivity index (χ1n) is 10.3. The van der Waals surface area contributed by atoms with Gasteiger partial charge in [-0.15, -0.1) is 22.7 Å². The van der Waals surface area contributed by atoms with Gasteiger partial charge >= 0.3 is 6.03 Å². The van der Waals surface area contributed by atoms with Gasteiger partial charge in [-0.3, -0.25) is 4.79 Å². The number of urea groups is 1. The number of imide groups is 1. The van der Waals surface area contributed by atoms with Crippen LogP contribution in [-0.2, 0) is 11.2 Å². The van der Waals surface area contributed by atoms with E-state index < -0.39 is 5.54 Å². The van der Waals surface area contributed by atoms with Crippen molar-refractivity contribution in [3.8, 4) is 0 Å². The Balaban J connectivity index is 1.42. The molecule has 1 unspecified atom stereocenters. The minimum atomic E-state index is -0.644. The molecule has 2 aromatic heterocycles. The van der Waals surface area contributed by atoms with Gasteiger partial charge in [-0.25, -0.2) is 9.69 Å². The van der Waals surface area contributed by atoms with Crippen LogP contribution < -0.4 is 10.2 Å². The summed E-state index contributed by atoms with van der Waals surface area (Å²) in [6, 6.07) is 6.51. The number of amides is 3. The minimum Gasteiger partial charge on any atom is -0.323 e. The van der Waals surface area contributed by atoms with Crippen LogP contribution in [0.25, 0.3) is 0 Å². The van der Waals surface area contributed by atoms with Crippen LogP contribution in [0.15, 0.2) is 29.0 Å². The normalized spacial score (nSPS) is 26.9. The van der Waals surface area contributed by atoms with Crippen molar-refractivity contribution in [1.82, 2.24) is 10.2 Å². The van der Waals surface area contributed by atoms with E-state index in [0.717, 1.165) is 51.5 Å². The van der Waals surface area contributed by atoms with Crippen molar-refractivity contribution in [1.29, 1.82) is 0 Å². The second kappa shape index (κ2) is 7.28. The summed E-state index contributed by atoms with van der Waals surface area (Å²) in [5, 5.41) is 7.37. The maximum atomic E-state index is 13.3. The first-order chi connectivity index (χ1) is 13.7. The van der Waals surface area contributed by atoms with Crippen molar-refractivity contribution in [2.45, 2.75) is 56.5 Å². The number of thiophene rings is 2. The van der Waals surface area contributed by atoms with E-state index in [4.69, 9.17) is 0 Å². The molecular formula is C21H26N3O2S2+. The van der Waals surface area contributed by atoms with Crippen molar-refractivity contribution >= 4 is 34.6 Å². The van der Waals surface area contributed by atoms with Gasteiger partial charge in [-0.1, -0.05) is 31.7 Å². The van der Waals surface area contributed by atoms with E-state index in [1.54, 1.807) is 11.3 Å². The van der Waals surface area contributed by atoms with Crippen LogP contribution in [0.2, 0.25) is 0 Å². The molecule has 148 valence electrons. The number of carbonyl (C=O) groups excluding carboxylic acids is 2. The number of rotatable bonds is 3. The Morgan fingerprint density at radius 1 is 1.11 bits per heavy atom. The van der Waals surface area contributed by atoms with Crippen molar-refractivity contribution < 1.29 is 14.5 Å². The van der Waals surface area contributed by atoms with Gasteiger partial charge in [-0.05, 0) is 35.7 Å². The fourth-order valence-electron chi connectivity index (χ4n) is 5.12. The topological polar surface area (TPSA) is 53.9 Å². The van der Waals surface area contributed by atoms with Gasteiger partial charge in [0.15, 0.2) is 12.7 Å². The average molecular weight is 417 g/mol. The quantitative estimate of drug-likeness (QED) is 0.756. The highest BCUT2D eigenvalue weighted by atomic mass is 32.1. The molecule has 5 nitrogen and oxygen atoms in total. The average Bonchev–Trinajstić information content (AvgIpc) is 3.38. The third-order valence-electron chi connectivity index (χ3n) is 6.56. The predicted molar refractivity (Wildman–Crippen MR) is 111 cm³/mol. The minimum absolute atomic E-state index is 0.00736. The molecule has 1 saturated carbocycles. The van der Waals surface area contributed by atoms with Crippen molar-refractivity contribution in [2.75, 3.05) is 13.2 Å². The predicted octanol–water partition coefficient (Wildman–Crippen LogP) is 2.94. The lowest BCUT2D eigenvalue weighted by molar-refractivity contribution is -0.934. The van der Waals surface area contributed by atoms with Crippen molar-refractivity contribution in [3.05, 3.63) is 44.3 Å². The first-order valence-corrected chi connectivity index (χ1v) is 12.0. The summed E-state index contributed by atoms with van der Waals surface area (Å²) in [6.07, 6.45) is 6.93. The van der Waals surface area contributed by atoms with Crippen molar-refractivity contribution in [2.24, 2.45) is 0 Å². The number of nitrogens with one attached hydrogen (secondary N) is 2. The van der Waals surface area contributed by atoms with Crippen LogP contribution >= 0.6 is 22.7 Å². The number of hydrogen-bond acceptors (Lipinski definition) is 4. The zero-order valence-corrected chi connectivity index (χ0v) is 17.5. The van der Waals surface area contributed by atoms with E-state index in [2.05, 4.69) is 34.3 Å². The lowest BCUT2D eigenvalue weighted by Crippen LogP contribution is -3.15. The summed E-state index contributed by atoms with van der Waals surface area (Å²) >= 11 is 3.59.